The SMILES string of the molecule is O=C(CSc1nnc2n1N=C(c1ccc(F)cc1)CS2)c1ccc(F)cc1. The third-order valence-electron chi connectivity index (χ3n) is 3.82. The molecule has 0 fully saturated rings. The normalized spacial score (nSPS) is 13.2. The average molecular weight is 402 g/mol. The number of benzene rings is 2. The summed E-state index contributed by atoms with van der Waals surface area (Å²) < 4.78 is 27.7. The van der Waals surface area contributed by atoms with Crippen molar-refractivity contribution in [2.75, 3.05) is 11.5 Å². The molecule has 0 unspecified atom stereocenters. The number of carbonyl (C=O) groups is 1. The number of halogens is 2. The first kappa shape index (κ1) is 17.9. The Morgan fingerprint density at radius 2 is 1.70 bits per heavy atom. The highest BCUT2D eigenvalue weighted by molar-refractivity contribution is 8.00. The lowest BCUT2D eigenvalue weighted by Gasteiger charge is -2.13. The van der Waals surface area contributed by atoms with E-state index in [4.69, 9.17) is 0 Å². The molecule has 1 aromatic heterocycles. The van der Waals surface area contributed by atoms with Gasteiger partial charge in [0.15, 0.2) is 5.78 Å². The molecule has 0 N–H and O–H groups in total. The Bertz CT molecular complexity index is 1020. The van der Waals surface area contributed by atoms with E-state index in [9.17, 15) is 13.6 Å². The zero-order valence-electron chi connectivity index (χ0n) is 13.8. The molecule has 0 atom stereocenters. The lowest BCUT2D eigenvalue weighted by molar-refractivity contribution is 0.102. The highest BCUT2D eigenvalue weighted by Crippen LogP contribution is 2.28. The number of hydrogen-bond acceptors (Lipinski definition) is 6. The maximum absolute atomic E-state index is 13.1. The van der Waals surface area contributed by atoms with Crippen LogP contribution in [-0.4, -0.2) is 37.9 Å². The minimum atomic E-state index is -0.384. The van der Waals surface area contributed by atoms with Crippen LogP contribution in [0.4, 0.5) is 8.78 Å². The van der Waals surface area contributed by atoms with E-state index in [1.54, 1.807) is 16.8 Å². The van der Waals surface area contributed by atoms with E-state index in [-0.39, 0.29) is 23.2 Å². The summed E-state index contributed by atoms with van der Waals surface area (Å²) in [5.74, 6) is -0.0870. The summed E-state index contributed by atoms with van der Waals surface area (Å²) in [6.07, 6.45) is 0. The molecule has 1 aliphatic rings. The van der Waals surface area contributed by atoms with Gasteiger partial charge in [0.25, 0.3) is 0 Å². The van der Waals surface area contributed by atoms with Gasteiger partial charge in [-0.25, -0.2) is 8.78 Å². The molecule has 2 aromatic carbocycles. The molecule has 4 rings (SSSR count). The van der Waals surface area contributed by atoms with E-state index < -0.39 is 0 Å². The number of rotatable bonds is 5. The number of thioether (sulfide) groups is 2. The molecular weight excluding hydrogens is 390 g/mol. The molecule has 0 spiro atoms. The van der Waals surface area contributed by atoms with Crippen LogP contribution in [0.1, 0.15) is 15.9 Å². The molecule has 0 radical (unpaired) electrons. The molecule has 0 aliphatic carbocycles. The van der Waals surface area contributed by atoms with E-state index in [0.29, 0.717) is 21.6 Å². The van der Waals surface area contributed by atoms with Crippen LogP contribution in [0, 0.1) is 11.6 Å². The van der Waals surface area contributed by atoms with Crippen molar-refractivity contribution in [2.24, 2.45) is 5.10 Å². The van der Waals surface area contributed by atoms with Gasteiger partial charge in [0.1, 0.15) is 11.6 Å². The van der Waals surface area contributed by atoms with Crippen molar-refractivity contribution in [3.63, 3.8) is 0 Å². The fraction of sp³-hybridized carbons (Fsp3) is 0.111. The summed E-state index contributed by atoms with van der Waals surface area (Å²) in [6, 6.07) is 11.6. The smallest absolute Gasteiger partial charge is 0.213 e. The predicted molar refractivity (Wildman–Crippen MR) is 101 cm³/mol. The fourth-order valence-electron chi connectivity index (χ4n) is 2.43. The Labute approximate surface area is 161 Å². The van der Waals surface area contributed by atoms with Crippen molar-refractivity contribution in [3.05, 3.63) is 71.3 Å². The van der Waals surface area contributed by atoms with Crippen molar-refractivity contribution < 1.29 is 13.6 Å². The van der Waals surface area contributed by atoms with E-state index in [2.05, 4.69) is 15.3 Å². The second-order valence-corrected chi connectivity index (χ2v) is 7.52. The summed E-state index contributed by atoms with van der Waals surface area (Å²) in [5.41, 5.74) is 2.03. The van der Waals surface area contributed by atoms with Crippen molar-refractivity contribution in [3.8, 4) is 0 Å². The minimum Gasteiger partial charge on any atom is -0.293 e. The van der Waals surface area contributed by atoms with Crippen molar-refractivity contribution in [2.45, 2.75) is 10.3 Å². The van der Waals surface area contributed by atoms with Crippen molar-refractivity contribution >= 4 is 35.0 Å². The van der Waals surface area contributed by atoms with Gasteiger partial charge in [-0.1, -0.05) is 35.7 Å². The lowest BCUT2D eigenvalue weighted by atomic mass is 10.1. The molecule has 0 saturated carbocycles. The highest BCUT2D eigenvalue weighted by Gasteiger charge is 2.21. The van der Waals surface area contributed by atoms with Gasteiger partial charge in [0, 0.05) is 11.3 Å². The van der Waals surface area contributed by atoms with Crippen molar-refractivity contribution in [1.82, 2.24) is 14.9 Å². The molecule has 136 valence electrons. The zero-order valence-corrected chi connectivity index (χ0v) is 15.4. The van der Waals surface area contributed by atoms with Crippen LogP contribution in [0.15, 0.2) is 63.9 Å². The van der Waals surface area contributed by atoms with Crippen LogP contribution in [-0.2, 0) is 0 Å². The zero-order chi connectivity index (χ0) is 18.8. The molecule has 1 aliphatic heterocycles. The Balaban J connectivity index is 1.52. The monoisotopic (exact) mass is 402 g/mol. The fourth-order valence-corrected chi connectivity index (χ4v) is 4.10. The van der Waals surface area contributed by atoms with Crippen LogP contribution in [0.3, 0.4) is 0 Å². The number of hydrogen-bond donors (Lipinski definition) is 0. The molecular formula is C18H12F2N4OS2. The van der Waals surface area contributed by atoms with Gasteiger partial charge < -0.3 is 0 Å². The van der Waals surface area contributed by atoms with Crippen molar-refractivity contribution in [1.29, 1.82) is 0 Å². The number of nitrogens with zero attached hydrogens (tertiary/aromatic N) is 4. The van der Waals surface area contributed by atoms with E-state index >= 15 is 0 Å². The van der Waals surface area contributed by atoms with Gasteiger partial charge in [-0.15, -0.1) is 10.2 Å². The second-order valence-electron chi connectivity index (χ2n) is 5.64. The Hall–Kier alpha value is -2.52. The summed E-state index contributed by atoms with van der Waals surface area (Å²) in [6.45, 7) is 0. The molecule has 9 heteroatoms. The van der Waals surface area contributed by atoms with Crippen LogP contribution >= 0.6 is 23.5 Å². The van der Waals surface area contributed by atoms with Gasteiger partial charge in [0.05, 0.1) is 11.5 Å². The van der Waals surface area contributed by atoms with E-state index in [1.165, 1.54) is 59.9 Å². The number of aromatic nitrogens is 3. The van der Waals surface area contributed by atoms with Crippen LogP contribution < -0.4 is 0 Å². The molecule has 0 bridgehead atoms. The topological polar surface area (TPSA) is 60.1 Å². The number of Topliss-reactive ketones (excluding diaryl/α,β-unsaturated/α-hetero) is 1. The molecule has 2 heterocycles. The first-order valence-corrected chi connectivity index (χ1v) is 9.91. The largest absolute Gasteiger partial charge is 0.293 e. The van der Waals surface area contributed by atoms with Crippen LogP contribution in [0.5, 0.6) is 0 Å². The molecule has 0 saturated heterocycles. The summed E-state index contributed by atoms with van der Waals surface area (Å²) in [7, 11) is 0. The Morgan fingerprint density at radius 3 is 2.41 bits per heavy atom. The molecule has 5 nitrogen and oxygen atoms in total. The van der Waals surface area contributed by atoms with Gasteiger partial charge >= 0.3 is 0 Å². The van der Waals surface area contributed by atoms with E-state index in [1.807, 2.05) is 0 Å². The number of carbonyl (C=O) groups excluding carboxylic acids is 1. The standard InChI is InChI=1S/C18H12F2N4OS2/c19-13-5-1-11(2-6-13)15-9-26-17-21-22-18(24(17)23-15)27-10-16(25)12-3-7-14(20)8-4-12/h1-8H,9-10H2. The second kappa shape index (κ2) is 7.61. The first-order chi connectivity index (χ1) is 13.1. The van der Waals surface area contributed by atoms with Gasteiger partial charge in [-0.05, 0) is 42.0 Å². The van der Waals surface area contributed by atoms with Gasteiger partial charge in [-0.3, -0.25) is 4.79 Å². The Kier molecular flexibility index (Phi) is 5.04. The Morgan fingerprint density at radius 1 is 1.04 bits per heavy atom. The third-order valence-corrected chi connectivity index (χ3v) is 5.67. The molecule has 0 amide bonds. The summed E-state index contributed by atoms with van der Waals surface area (Å²) in [4.78, 5) is 12.3. The minimum absolute atomic E-state index is 0.135. The summed E-state index contributed by atoms with van der Waals surface area (Å²) >= 11 is 2.69. The number of fused-ring (bicyclic) bond motifs is 1. The van der Waals surface area contributed by atoms with Crippen LogP contribution in [0.2, 0.25) is 0 Å². The average Bonchev–Trinajstić information content (AvgIpc) is 3.09. The maximum Gasteiger partial charge on any atom is 0.213 e. The lowest BCUT2D eigenvalue weighted by Crippen LogP contribution is -2.14. The van der Waals surface area contributed by atoms with Gasteiger partial charge in [-0.2, -0.15) is 9.78 Å². The molecule has 3 aromatic rings. The first-order valence-electron chi connectivity index (χ1n) is 7.94. The predicted octanol–water partition coefficient (Wildman–Crippen LogP) is 3.89. The third kappa shape index (κ3) is 3.93. The van der Waals surface area contributed by atoms with Crippen LogP contribution in [0.25, 0.3) is 0 Å². The number of ketones is 1. The van der Waals surface area contributed by atoms with E-state index in [0.717, 1.165) is 11.3 Å². The maximum atomic E-state index is 13.1. The summed E-state index contributed by atoms with van der Waals surface area (Å²) in [5, 5.41) is 13.9. The van der Waals surface area contributed by atoms with Gasteiger partial charge in [0.2, 0.25) is 10.3 Å². The molecule has 27 heavy (non-hydrogen) atoms. The quantitative estimate of drug-likeness (QED) is 0.479. The highest BCUT2D eigenvalue weighted by atomic mass is 32.2.